The Labute approximate surface area is 107 Å². The maximum atomic E-state index is 11.9. The van der Waals surface area contributed by atoms with E-state index in [1.807, 2.05) is 19.9 Å². The molecule has 2 rings (SSSR count). The highest BCUT2D eigenvalue weighted by atomic mass is 32.1. The highest BCUT2D eigenvalue weighted by Crippen LogP contribution is 2.31. The normalized spacial score (nSPS) is 10.6. The fourth-order valence-corrected chi connectivity index (χ4v) is 2.95. The molecular weight excluding hydrogens is 252 g/mol. The van der Waals surface area contributed by atoms with Crippen molar-refractivity contribution in [3.63, 3.8) is 0 Å². The number of nitrogens with one attached hydrogen (secondary N) is 1. The van der Waals surface area contributed by atoms with Gasteiger partial charge in [-0.1, -0.05) is 0 Å². The fourth-order valence-electron chi connectivity index (χ4n) is 1.81. The number of carbonyl (C=O) groups is 2. The molecule has 1 amide bonds. The summed E-state index contributed by atoms with van der Waals surface area (Å²) in [5.74, 6) is -1.42. The minimum Gasteiger partial charge on any atom is -0.480 e. The van der Waals surface area contributed by atoms with Gasteiger partial charge in [0.1, 0.15) is 11.4 Å². The van der Waals surface area contributed by atoms with Crippen LogP contribution in [0.2, 0.25) is 0 Å². The number of aryl methyl sites for hydroxylation is 2. The van der Waals surface area contributed by atoms with E-state index in [1.54, 1.807) is 6.20 Å². The zero-order valence-electron chi connectivity index (χ0n) is 9.98. The number of carbonyl (C=O) groups excluding carboxylic acids is 1. The van der Waals surface area contributed by atoms with Crippen LogP contribution in [0.15, 0.2) is 12.3 Å². The molecule has 0 bridgehead atoms. The number of pyridine rings is 1. The lowest BCUT2D eigenvalue weighted by molar-refractivity contribution is -0.135. The van der Waals surface area contributed by atoms with Gasteiger partial charge in [-0.15, -0.1) is 11.3 Å². The summed E-state index contributed by atoms with van der Waals surface area (Å²) < 4.78 is 0. The molecule has 0 aliphatic carbocycles. The Morgan fingerprint density at radius 1 is 1.44 bits per heavy atom. The van der Waals surface area contributed by atoms with Crippen LogP contribution in [0.4, 0.5) is 0 Å². The van der Waals surface area contributed by atoms with Gasteiger partial charge in [0, 0.05) is 11.6 Å². The lowest BCUT2D eigenvalue weighted by Crippen LogP contribution is -2.28. The third kappa shape index (κ3) is 2.19. The van der Waals surface area contributed by atoms with E-state index in [4.69, 9.17) is 5.11 Å². The van der Waals surface area contributed by atoms with Crippen molar-refractivity contribution >= 4 is 33.4 Å². The smallest absolute Gasteiger partial charge is 0.322 e. The SMILES string of the molecule is Cc1ccnc2sc(C(=O)NCC(=O)O)c(C)c12. The van der Waals surface area contributed by atoms with E-state index >= 15 is 0 Å². The summed E-state index contributed by atoms with van der Waals surface area (Å²) >= 11 is 1.28. The molecule has 0 aliphatic rings. The van der Waals surface area contributed by atoms with Gasteiger partial charge in [0.25, 0.3) is 5.91 Å². The number of carboxylic acids is 1. The minimum absolute atomic E-state index is 0.364. The molecule has 0 saturated carbocycles. The summed E-state index contributed by atoms with van der Waals surface area (Å²) in [6.45, 7) is 3.44. The number of rotatable bonds is 3. The number of aliphatic carboxylic acids is 1. The molecule has 2 aromatic heterocycles. The second-order valence-electron chi connectivity index (χ2n) is 3.94. The largest absolute Gasteiger partial charge is 0.480 e. The first-order valence-corrected chi connectivity index (χ1v) is 6.17. The molecule has 0 unspecified atom stereocenters. The molecule has 2 N–H and O–H groups in total. The van der Waals surface area contributed by atoms with Gasteiger partial charge in [-0.2, -0.15) is 0 Å². The van der Waals surface area contributed by atoms with Crippen LogP contribution in [-0.2, 0) is 4.79 Å². The summed E-state index contributed by atoms with van der Waals surface area (Å²) in [6, 6.07) is 1.89. The number of aromatic nitrogens is 1. The van der Waals surface area contributed by atoms with Gasteiger partial charge in [-0.3, -0.25) is 9.59 Å². The van der Waals surface area contributed by atoms with Crippen LogP contribution >= 0.6 is 11.3 Å². The van der Waals surface area contributed by atoms with Crippen LogP contribution in [0, 0.1) is 13.8 Å². The van der Waals surface area contributed by atoms with Crippen molar-refractivity contribution in [2.45, 2.75) is 13.8 Å². The molecule has 5 nitrogen and oxygen atoms in total. The second-order valence-corrected chi connectivity index (χ2v) is 4.94. The van der Waals surface area contributed by atoms with Gasteiger partial charge in [-0.05, 0) is 31.0 Å². The predicted octanol–water partition coefficient (Wildman–Crippen LogP) is 1.73. The van der Waals surface area contributed by atoms with E-state index < -0.39 is 5.97 Å². The average molecular weight is 264 g/mol. The van der Waals surface area contributed by atoms with Crippen LogP contribution in [-0.4, -0.2) is 28.5 Å². The number of thiophene rings is 1. The summed E-state index contributed by atoms with van der Waals surface area (Å²) in [4.78, 5) is 27.8. The van der Waals surface area contributed by atoms with Gasteiger partial charge in [0.2, 0.25) is 0 Å². The van der Waals surface area contributed by atoms with Crippen molar-refractivity contribution in [2.24, 2.45) is 0 Å². The Kier molecular flexibility index (Phi) is 3.29. The number of amides is 1. The van der Waals surface area contributed by atoms with Crippen molar-refractivity contribution < 1.29 is 14.7 Å². The quantitative estimate of drug-likeness (QED) is 0.884. The highest BCUT2D eigenvalue weighted by molar-refractivity contribution is 7.20. The van der Waals surface area contributed by atoms with Gasteiger partial charge >= 0.3 is 5.97 Å². The fraction of sp³-hybridized carbons (Fsp3) is 0.250. The maximum absolute atomic E-state index is 11.9. The van der Waals surface area contributed by atoms with Gasteiger partial charge in [0.15, 0.2) is 0 Å². The maximum Gasteiger partial charge on any atom is 0.322 e. The monoisotopic (exact) mass is 264 g/mol. The van der Waals surface area contributed by atoms with Crippen LogP contribution in [0.25, 0.3) is 10.2 Å². The Bertz CT molecular complexity index is 634. The molecular formula is C12H12N2O3S. The zero-order chi connectivity index (χ0) is 13.3. The first kappa shape index (κ1) is 12.5. The molecule has 0 saturated heterocycles. The molecule has 0 radical (unpaired) electrons. The molecule has 0 fully saturated rings. The molecule has 2 aromatic rings. The third-order valence-corrected chi connectivity index (χ3v) is 3.84. The van der Waals surface area contributed by atoms with Crippen molar-refractivity contribution in [1.82, 2.24) is 10.3 Å². The average Bonchev–Trinajstić information content (AvgIpc) is 2.65. The van der Waals surface area contributed by atoms with Crippen LogP contribution in [0.3, 0.4) is 0 Å². The van der Waals surface area contributed by atoms with Gasteiger partial charge in [0.05, 0.1) is 4.88 Å². The third-order valence-electron chi connectivity index (χ3n) is 2.65. The zero-order valence-corrected chi connectivity index (χ0v) is 10.8. The number of hydrogen-bond donors (Lipinski definition) is 2. The molecule has 0 spiro atoms. The van der Waals surface area contributed by atoms with E-state index in [2.05, 4.69) is 10.3 Å². The Morgan fingerprint density at radius 2 is 2.17 bits per heavy atom. The number of fused-ring (bicyclic) bond motifs is 1. The first-order valence-electron chi connectivity index (χ1n) is 5.35. The Balaban J connectivity index is 2.40. The predicted molar refractivity (Wildman–Crippen MR) is 69.1 cm³/mol. The minimum atomic E-state index is -1.06. The van der Waals surface area contributed by atoms with Crippen molar-refractivity contribution in [3.05, 3.63) is 28.3 Å². The summed E-state index contributed by atoms with van der Waals surface area (Å²) in [5, 5.41) is 11.9. The van der Waals surface area contributed by atoms with Crippen molar-refractivity contribution in [1.29, 1.82) is 0 Å². The van der Waals surface area contributed by atoms with E-state index in [1.165, 1.54) is 11.3 Å². The van der Waals surface area contributed by atoms with Crippen molar-refractivity contribution in [3.8, 4) is 0 Å². The summed E-state index contributed by atoms with van der Waals surface area (Å²) in [5.41, 5.74) is 1.91. The van der Waals surface area contributed by atoms with E-state index in [9.17, 15) is 9.59 Å². The number of hydrogen-bond acceptors (Lipinski definition) is 4. The molecule has 6 heteroatoms. The molecule has 0 atom stereocenters. The summed E-state index contributed by atoms with van der Waals surface area (Å²) in [6.07, 6.45) is 1.70. The molecule has 2 heterocycles. The van der Waals surface area contributed by atoms with Gasteiger partial charge in [-0.25, -0.2) is 4.98 Å². The second kappa shape index (κ2) is 4.73. The van der Waals surface area contributed by atoms with Gasteiger partial charge < -0.3 is 10.4 Å². The van der Waals surface area contributed by atoms with Crippen LogP contribution < -0.4 is 5.32 Å². The van der Waals surface area contributed by atoms with Crippen LogP contribution in [0.5, 0.6) is 0 Å². The standard InChI is InChI=1S/C12H12N2O3S/c1-6-3-4-13-12-9(6)7(2)10(18-12)11(17)14-5-8(15)16/h3-4H,5H2,1-2H3,(H,14,17)(H,15,16). The highest BCUT2D eigenvalue weighted by Gasteiger charge is 2.17. The lowest BCUT2D eigenvalue weighted by Gasteiger charge is -2.01. The van der Waals surface area contributed by atoms with Crippen LogP contribution in [0.1, 0.15) is 20.8 Å². The molecule has 0 aliphatic heterocycles. The number of carboxylic acid groups (broad SMARTS) is 1. The van der Waals surface area contributed by atoms with E-state index in [0.29, 0.717) is 4.88 Å². The van der Waals surface area contributed by atoms with Crippen molar-refractivity contribution in [2.75, 3.05) is 6.54 Å². The number of nitrogens with zero attached hydrogens (tertiary/aromatic N) is 1. The lowest BCUT2D eigenvalue weighted by atomic mass is 10.1. The first-order chi connectivity index (χ1) is 8.50. The topological polar surface area (TPSA) is 79.3 Å². The van der Waals surface area contributed by atoms with E-state index in [0.717, 1.165) is 21.3 Å². The Hall–Kier alpha value is -1.95. The molecule has 0 aromatic carbocycles. The summed E-state index contributed by atoms with van der Waals surface area (Å²) in [7, 11) is 0. The Morgan fingerprint density at radius 3 is 2.78 bits per heavy atom. The molecule has 18 heavy (non-hydrogen) atoms. The molecule has 94 valence electrons. The van der Waals surface area contributed by atoms with E-state index in [-0.39, 0.29) is 12.5 Å².